The second kappa shape index (κ2) is 11.6. The Morgan fingerprint density at radius 3 is 1.60 bits per heavy atom. The molecule has 0 aromatic carbocycles. The largest absolute Gasteiger partial charge is 0.397 e. The average Bonchev–Trinajstić information content (AvgIpc) is 1.93. The summed E-state index contributed by atoms with van der Waals surface area (Å²) >= 11 is 0. The molecule has 0 rings (SSSR count). The van der Waals surface area contributed by atoms with Crippen LogP contribution in [0.1, 0.15) is 13.8 Å². The minimum Gasteiger partial charge on any atom is -0.397 e. The quantitative estimate of drug-likeness (QED) is 0.463. The van der Waals surface area contributed by atoms with Crippen molar-refractivity contribution in [3.8, 4) is 0 Å². The molecule has 0 amide bonds. The van der Waals surface area contributed by atoms with Crippen molar-refractivity contribution in [2.45, 2.75) is 20.4 Å². The molecule has 3 heteroatoms. The van der Waals surface area contributed by atoms with Crippen molar-refractivity contribution in [3.63, 3.8) is 0 Å². The summed E-state index contributed by atoms with van der Waals surface area (Å²) < 4.78 is 10.4. The van der Waals surface area contributed by atoms with E-state index in [9.17, 15) is 0 Å². The topological polar surface area (TPSA) is 18.5 Å². The molecule has 0 fully saturated rings. The lowest BCUT2D eigenvalue weighted by Crippen LogP contribution is -2.17. The van der Waals surface area contributed by atoms with Gasteiger partial charge in [0.15, 0.2) is 0 Å². The lowest BCUT2D eigenvalue weighted by Gasteiger charge is -2.07. The van der Waals surface area contributed by atoms with E-state index in [1.807, 2.05) is 20.4 Å². The van der Waals surface area contributed by atoms with E-state index >= 15 is 0 Å². The van der Waals surface area contributed by atoms with Crippen molar-refractivity contribution in [2.24, 2.45) is 0 Å². The van der Waals surface area contributed by atoms with Gasteiger partial charge in [0.2, 0.25) is 0 Å². The second-order valence-electron chi connectivity index (χ2n) is 1.48. The van der Waals surface area contributed by atoms with Crippen LogP contribution in [0.25, 0.3) is 0 Å². The molecular formula is C7H18O2Si. The van der Waals surface area contributed by atoms with Crippen LogP contribution in [0.5, 0.6) is 0 Å². The smallest absolute Gasteiger partial charge is 0.318 e. The van der Waals surface area contributed by atoms with Crippen molar-refractivity contribution in [1.29, 1.82) is 0 Å². The molecule has 0 saturated heterocycles. The first-order valence-electron chi connectivity index (χ1n) is 3.54. The Hall–Kier alpha value is -0.123. The van der Waals surface area contributed by atoms with Gasteiger partial charge in [0.1, 0.15) is 0 Å². The Morgan fingerprint density at radius 1 is 1.10 bits per heavy atom. The van der Waals surface area contributed by atoms with Crippen LogP contribution >= 0.6 is 0 Å². The Morgan fingerprint density at radius 2 is 1.40 bits per heavy atom. The molecule has 0 saturated carbocycles. The van der Waals surface area contributed by atoms with Gasteiger partial charge in [-0.05, 0) is 20.4 Å². The van der Waals surface area contributed by atoms with Crippen molar-refractivity contribution in [3.05, 3.63) is 13.2 Å². The van der Waals surface area contributed by atoms with Gasteiger partial charge in [0.25, 0.3) is 0 Å². The monoisotopic (exact) mass is 162 g/mol. The van der Waals surface area contributed by atoms with Gasteiger partial charge in [0, 0.05) is 13.2 Å². The molecule has 2 nitrogen and oxygen atoms in total. The fourth-order valence-corrected chi connectivity index (χ4v) is 1.55. The predicted octanol–water partition coefficient (Wildman–Crippen LogP) is 1.71. The molecule has 0 aromatic heterocycles. The highest BCUT2D eigenvalue weighted by Gasteiger charge is 1.99. The Balaban J connectivity index is 0. The first-order valence-corrected chi connectivity index (χ1v) is 5.64. The molecule has 0 spiro atoms. The maximum absolute atomic E-state index is 5.20. The van der Waals surface area contributed by atoms with E-state index < -0.39 is 9.28 Å². The Kier molecular flexibility index (Phi) is 14.6. The SMILES string of the molecule is C=C.CCO[SiH](C)OCC. The molecule has 0 aliphatic heterocycles. The maximum Gasteiger partial charge on any atom is 0.318 e. The maximum atomic E-state index is 5.20. The summed E-state index contributed by atoms with van der Waals surface area (Å²) in [6, 6.07) is 0. The van der Waals surface area contributed by atoms with E-state index in [2.05, 4.69) is 13.2 Å². The van der Waals surface area contributed by atoms with Crippen LogP contribution in [0, 0.1) is 0 Å². The van der Waals surface area contributed by atoms with Crippen LogP contribution in [-0.2, 0) is 8.85 Å². The van der Waals surface area contributed by atoms with Crippen molar-refractivity contribution < 1.29 is 8.85 Å². The predicted molar refractivity (Wildman–Crippen MR) is 47.5 cm³/mol. The Labute approximate surface area is 65.7 Å². The van der Waals surface area contributed by atoms with Crippen LogP contribution < -0.4 is 0 Å². The lowest BCUT2D eigenvalue weighted by molar-refractivity contribution is 0.219. The van der Waals surface area contributed by atoms with Gasteiger partial charge in [-0.1, -0.05) is 0 Å². The fraction of sp³-hybridized carbons (Fsp3) is 0.714. The summed E-state index contributed by atoms with van der Waals surface area (Å²) in [7, 11) is -1.20. The van der Waals surface area contributed by atoms with Crippen LogP contribution in [0.15, 0.2) is 13.2 Å². The molecule has 0 unspecified atom stereocenters. The number of hydrogen-bond donors (Lipinski definition) is 0. The third-order valence-corrected chi connectivity index (χ3v) is 2.41. The normalized spacial score (nSPS) is 8.80. The highest BCUT2D eigenvalue weighted by molar-refractivity contribution is 6.42. The number of hydrogen-bond acceptors (Lipinski definition) is 2. The molecule has 0 aliphatic rings. The first kappa shape index (κ1) is 12.5. The van der Waals surface area contributed by atoms with Gasteiger partial charge < -0.3 is 8.85 Å². The average molecular weight is 162 g/mol. The van der Waals surface area contributed by atoms with Crippen LogP contribution in [0.3, 0.4) is 0 Å². The van der Waals surface area contributed by atoms with E-state index in [1.165, 1.54) is 0 Å². The van der Waals surface area contributed by atoms with E-state index in [4.69, 9.17) is 8.85 Å². The van der Waals surface area contributed by atoms with Crippen molar-refractivity contribution in [2.75, 3.05) is 13.2 Å². The highest BCUT2D eigenvalue weighted by Crippen LogP contribution is 1.85. The summed E-state index contributed by atoms with van der Waals surface area (Å²) in [5.41, 5.74) is 0. The van der Waals surface area contributed by atoms with Crippen LogP contribution in [0.4, 0.5) is 0 Å². The van der Waals surface area contributed by atoms with E-state index in [0.717, 1.165) is 13.2 Å². The summed E-state index contributed by atoms with van der Waals surface area (Å²) in [6.07, 6.45) is 0. The van der Waals surface area contributed by atoms with E-state index in [-0.39, 0.29) is 0 Å². The van der Waals surface area contributed by atoms with Gasteiger partial charge in [-0.2, -0.15) is 0 Å². The second-order valence-corrected chi connectivity index (χ2v) is 3.28. The van der Waals surface area contributed by atoms with Crippen LogP contribution in [0.2, 0.25) is 6.55 Å². The Bertz CT molecular complexity index is 53.6. The van der Waals surface area contributed by atoms with E-state index in [1.54, 1.807) is 0 Å². The highest BCUT2D eigenvalue weighted by atomic mass is 28.3. The zero-order valence-electron chi connectivity index (χ0n) is 7.22. The number of rotatable bonds is 4. The molecule has 0 N–H and O–H groups in total. The third kappa shape index (κ3) is 10.8. The van der Waals surface area contributed by atoms with Gasteiger partial charge in [-0.3, -0.25) is 0 Å². The summed E-state index contributed by atoms with van der Waals surface area (Å²) in [4.78, 5) is 0. The molecule has 0 aromatic rings. The molecule has 0 bridgehead atoms. The molecule has 0 radical (unpaired) electrons. The fourth-order valence-electron chi connectivity index (χ4n) is 0.518. The zero-order chi connectivity index (χ0) is 8.41. The van der Waals surface area contributed by atoms with Gasteiger partial charge >= 0.3 is 9.28 Å². The molecule has 0 aliphatic carbocycles. The summed E-state index contributed by atoms with van der Waals surface area (Å²) in [6.45, 7) is 13.6. The lowest BCUT2D eigenvalue weighted by atomic mass is 10.9. The molecular weight excluding hydrogens is 144 g/mol. The van der Waals surface area contributed by atoms with Gasteiger partial charge in [-0.15, -0.1) is 13.2 Å². The molecule has 10 heavy (non-hydrogen) atoms. The minimum absolute atomic E-state index is 0.785. The van der Waals surface area contributed by atoms with Crippen molar-refractivity contribution >= 4 is 9.28 Å². The minimum atomic E-state index is -1.20. The van der Waals surface area contributed by atoms with Crippen LogP contribution in [-0.4, -0.2) is 22.5 Å². The van der Waals surface area contributed by atoms with Crippen molar-refractivity contribution in [1.82, 2.24) is 0 Å². The van der Waals surface area contributed by atoms with Gasteiger partial charge in [-0.25, -0.2) is 0 Å². The molecule has 0 heterocycles. The first-order chi connectivity index (χ1) is 4.81. The standard InChI is InChI=1S/C5H14O2Si.C2H4/c1-4-6-8(3)7-5-2;1-2/h8H,4-5H2,1-3H3;1-2H2. The van der Waals surface area contributed by atoms with E-state index in [0.29, 0.717) is 0 Å². The third-order valence-electron chi connectivity index (χ3n) is 0.803. The molecule has 62 valence electrons. The molecule has 0 atom stereocenters. The summed E-state index contributed by atoms with van der Waals surface area (Å²) in [5, 5.41) is 0. The van der Waals surface area contributed by atoms with Gasteiger partial charge in [0.05, 0.1) is 0 Å². The zero-order valence-corrected chi connectivity index (χ0v) is 8.38. The summed E-state index contributed by atoms with van der Waals surface area (Å²) in [5.74, 6) is 0.